The SMILES string of the molecule is CC(C)N(C)C(=O)C1(C#N)CCC1. The molecular formula is C10H16N2O. The maximum absolute atomic E-state index is 11.8. The van der Waals surface area contributed by atoms with E-state index < -0.39 is 5.41 Å². The van der Waals surface area contributed by atoms with Gasteiger partial charge in [-0.1, -0.05) is 0 Å². The summed E-state index contributed by atoms with van der Waals surface area (Å²) in [6, 6.07) is 2.34. The Morgan fingerprint density at radius 3 is 2.31 bits per heavy atom. The molecule has 0 N–H and O–H groups in total. The molecule has 13 heavy (non-hydrogen) atoms. The lowest BCUT2D eigenvalue weighted by Gasteiger charge is -2.38. The third kappa shape index (κ3) is 1.53. The Morgan fingerprint density at radius 1 is 1.54 bits per heavy atom. The van der Waals surface area contributed by atoms with Crippen molar-refractivity contribution in [2.75, 3.05) is 7.05 Å². The molecule has 0 heterocycles. The first-order valence-electron chi connectivity index (χ1n) is 4.72. The molecule has 0 aromatic carbocycles. The van der Waals surface area contributed by atoms with Crippen LogP contribution in [0, 0.1) is 16.7 Å². The Kier molecular flexibility index (Phi) is 2.60. The Morgan fingerprint density at radius 2 is 2.08 bits per heavy atom. The highest BCUT2D eigenvalue weighted by atomic mass is 16.2. The van der Waals surface area contributed by atoms with Crippen LogP contribution in [0.4, 0.5) is 0 Å². The van der Waals surface area contributed by atoms with Crippen molar-refractivity contribution in [2.45, 2.75) is 39.2 Å². The highest BCUT2D eigenvalue weighted by molar-refractivity contribution is 5.86. The molecule has 1 rings (SSSR count). The van der Waals surface area contributed by atoms with E-state index in [1.165, 1.54) is 0 Å². The number of carbonyl (C=O) groups excluding carboxylic acids is 1. The average molecular weight is 180 g/mol. The maximum Gasteiger partial charge on any atom is 0.243 e. The van der Waals surface area contributed by atoms with Crippen molar-refractivity contribution >= 4 is 5.91 Å². The zero-order valence-corrected chi connectivity index (χ0v) is 8.50. The monoisotopic (exact) mass is 180 g/mol. The van der Waals surface area contributed by atoms with Crippen molar-refractivity contribution in [1.29, 1.82) is 5.26 Å². The molecule has 1 aliphatic rings. The second kappa shape index (κ2) is 3.37. The average Bonchev–Trinajstić information content (AvgIpc) is 2.01. The Hall–Kier alpha value is -1.04. The van der Waals surface area contributed by atoms with Gasteiger partial charge in [0.25, 0.3) is 0 Å². The van der Waals surface area contributed by atoms with E-state index in [-0.39, 0.29) is 11.9 Å². The molecule has 0 aliphatic heterocycles. The number of nitriles is 1. The predicted molar refractivity (Wildman–Crippen MR) is 49.8 cm³/mol. The Balaban J connectivity index is 2.72. The lowest BCUT2D eigenvalue weighted by atomic mass is 9.69. The van der Waals surface area contributed by atoms with Crippen LogP contribution >= 0.6 is 0 Å². The summed E-state index contributed by atoms with van der Waals surface area (Å²) >= 11 is 0. The fourth-order valence-electron chi connectivity index (χ4n) is 1.48. The molecule has 0 bridgehead atoms. The molecule has 1 amide bonds. The number of hydrogen-bond acceptors (Lipinski definition) is 2. The van der Waals surface area contributed by atoms with Crippen LogP contribution in [0.1, 0.15) is 33.1 Å². The second-order valence-electron chi connectivity index (χ2n) is 4.06. The van der Waals surface area contributed by atoms with Gasteiger partial charge >= 0.3 is 0 Å². The first-order valence-corrected chi connectivity index (χ1v) is 4.72. The molecule has 0 radical (unpaired) electrons. The minimum absolute atomic E-state index is 0.00347. The molecule has 1 aliphatic carbocycles. The Labute approximate surface area is 79.3 Å². The van der Waals surface area contributed by atoms with Crippen LogP contribution < -0.4 is 0 Å². The molecule has 72 valence electrons. The van der Waals surface area contributed by atoms with Gasteiger partial charge in [-0.3, -0.25) is 4.79 Å². The van der Waals surface area contributed by atoms with Gasteiger partial charge in [-0.05, 0) is 33.1 Å². The zero-order valence-electron chi connectivity index (χ0n) is 8.50. The van der Waals surface area contributed by atoms with Crippen LogP contribution in [0.15, 0.2) is 0 Å². The number of nitrogens with zero attached hydrogens (tertiary/aromatic N) is 2. The molecule has 0 spiro atoms. The maximum atomic E-state index is 11.8. The quantitative estimate of drug-likeness (QED) is 0.647. The number of hydrogen-bond donors (Lipinski definition) is 0. The van der Waals surface area contributed by atoms with E-state index in [2.05, 4.69) is 6.07 Å². The first-order chi connectivity index (χ1) is 6.03. The van der Waals surface area contributed by atoms with Gasteiger partial charge in [-0.2, -0.15) is 5.26 Å². The summed E-state index contributed by atoms with van der Waals surface area (Å²) in [4.78, 5) is 13.5. The summed E-state index contributed by atoms with van der Waals surface area (Å²) in [5, 5.41) is 8.94. The van der Waals surface area contributed by atoms with Gasteiger partial charge in [0.1, 0.15) is 5.41 Å². The number of carbonyl (C=O) groups is 1. The molecule has 0 atom stereocenters. The third-order valence-corrected chi connectivity index (χ3v) is 2.93. The molecule has 0 unspecified atom stereocenters. The van der Waals surface area contributed by atoms with E-state index in [4.69, 9.17) is 5.26 Å². The van der Waals surface area contributed by atoms with Crippen LogP contribution in [-0.2, 0) is 4.79 Å². The standard InChI is InChI=1S/C10H16N2O/c1-8(2)12(3)9(13)10(7-11)5-4-6-10/h8H,4-6H2,1-3H3. The van der Waals surface area contributed by atoms with Crippen molar-refractivity contribution in [3.05, 3.63) is 0 Å². The van der Waals surface area contributed by atoms with Crippen LogP contribution in [-0.4, -0.2) is 23.9 Å². The summed E-state index contributed by atoms with van der Waals surface area (Å²) in [6.45, 7) is 3.92. The van der Waals surface area contributed by atoms with Gasteiger partial charge in [-0.15, -0.1) is 0 Å². The fraction of sp³-hybridized carbons (Fsp3) is 0.800. The predicted octanol–water partition coefficient (Wildman–Crippen LogP) is 1.55. The van der Waals surface area contributed by atoms with E-state index in [1.807, 2.05) is 13.8 Å². The molecular weight excluding hydrogens is 164 g/mol. The van der Waals surface area contributed by atoms with Gasteiger partial charge in [0.05, 0.1) is 6.07 Å². The molecule has 1 fully saturated rings. The van der Waals surface area contributed by atoms with Gasteiger partial charge in [-0.25, -0.2) is 0 Å². The van der Waals surface area contributed by atoms with E-state index in [1.54, 1.807) is 11.9 Å². The number of amides is 1. The minimum Gasteiger partial charge on any atom is -0.342 e. The normalized spacial score (nSPS) is 19.0. The van der Waals surface area contributed by atoms with Gasteiger partial charge in [0, 0.05) is 13.1 Å². The highest BCUT2D eigenvalue weighted by Gasteiger charge is 2.46. The molecule has 3 heteroatoms. The van der Waals surface area contributed by atoms with Crippen molar-refractivity contribution in [2.24, 2.45) is 5.41 Å². The van der Waals surface area contributed by atoms with Crippen LogP contribution in [0.5, 0.6) is 0 Å². The van der Waals surface area contributed by atoms with E-state index >= 15 is 0 Å². The molecule has 0 saturated heterocycles. The summed E-state index contributed by atoms with van der Waals surface area (Å²) < 4.78 is 0. The van der Waals surface area contributed by atoms with Crippen LogP contribution in [0.25, 0.3) is 0 Å². The summed E-state index contributed by atoms with van der Waals surface area (Å²) in [5.41, 5.74) is -0.682. The van der Waals surface area contributed by atoms with Crippen molar-refractivity contribution in [1.82, 2.24) is 4.90 Å². The Bertz CT molecular complexity index is 248. The first kappa shape index (κ1) is 10.0. The van der Waals surface area contributed by atoms with E-state index in [0.29, 0.717) is 0 Å². The van der Waals surface area contributed by atoms with Gasteiger partial charge in [0.2, 0.25) is 5.91 Å². The van der Waals surface area contributed by atoms with E-state index in [0.717, 1.165) is 19.3 Å². The highest BCUT2D eigenvalue weighted by Crippen LogP contribution is 2.41. The van der Waals surface area contributed by atoms with Crippen LogP contribution in [0.2, 0.25) is 0 Å². The largest absolute Gasteiger partial charge is 0.342 e. The minimum atomic E-state index is -0.682. The van der Waals surface area contributed by atoms with Crippen molar-refractivity contribution in [3.8, 4) is 6.07 Å². The second-order valence-corrected chi connectivity index (χ2v) is 4.06. The molecule has 0 aromatic heterocycles. The molecule has 3 nitrogen and oxygen atoms in total. The van der Waals surface area contributed by atoms with Gasteiger partial charge < -0.3 is 4.90 Å². The lowest BCUT2D eigenvalue weighted by Crippen LogP contribution is -2.47. The summed E-state index contributed by atoms with van der Waals surface area (Å²) in [5.74, 6) is -0.00347. The van der Waals surface area contributed by atoms with Crippen LogP contribution in [0.3, 0.4) is 0 Å². The zero-order chi connectivity index (χ0) is 10.1. The summed E-state index contributed by atoms with van der Waals surface area (Å²) in [6.07, 6.45) is 2.48. The lowest BCUT2D eigenvalue weighted by molar-refractivity contribution is -0.143. The topological polar surface area (TPSA) is 44.1 Å². The summed E-state index contributed by atoms with van der Waals surface area (Å²) in [7, 11) is 1.77. The van der Waals surface area contributed by atoms with E-state index in [9.17, 15) is 4.79 Å². The third-order valence-electron chi connectivity index (χ3n) is 2.93. The smallest absolute Gasteiger partial charge is 0.243 e. The van der Waals surface area contributed by atoms with Gasteiger partial charge in [0.15, 0.2) is 0 Å². The number of rotatable bonds is 2. The van der Waals surface area contributed by atoms with Crippen molar-refractivity contribution in [3.63, 3.8) is 0 Å². The molecule has 1 saturated carbocycles. The van der Waals surface area contributed by atoms with Crippen molar-refractivity contribution < 1.29 is 4.79 Å². The fourth-order valence-corrected chi connectivity index (χ4v) is 1.48. The molecule has 0 aromatic rings.